The van der Waals surface area contributed by atoms with Gasteiger partial charge in [-0.15, -0.1) is 0 Å². The first-order valence-corrected chi connectivity index (χ1v) is 9.25. The third-order valence-electron chi connectivity index (χ3n) is 3.58. The second-order valence-corrected chi connectivity index (χ2v) is 7.55. The standard InChI is InChI=1S/C16H14ClN3O5S/c1-25-14-5-2-9(17)6-13(14)20-26(23,24)10-3-4-11-12(7-10)19-16(22)8-15(21)18-11/h2-7,20H,8H2,1H3,(H,18,21)(H,19,22). The number of anilines is 3. The van der Waals surface area contributed by atoms with E-state index in [0.717, 1.165) is 0 Å². The van der Waals surface area contributed by atoms with Crippen LogP contribution in [0.3, 0.4) is 0 Å². The number of carbonyl (C=O) groups is 2. The average molecular weight is 396 g/mol. The molecule has 2 amide bonds. The molecule has 1 heterocycles. The lowest BCUT2D eigenvalue weighted by molar-refractivity contribution is -0.123. The third kappa shape index (κ3) is 3.73. The molecule has 1 aliphatic rings. The Morgan fingerprint density at radius 3 is 2.42 bits per heavy atom. The van der Waals surface area contributed by atoms with E-state index in [1.54, 1.807) is 6.07 Å². The number of fused-ring (bicyclic) bond motifs is 1. The fourth-order valence-electron chi connectivity index (χ4n) is 2.40. The van der Waals surface area contributed by atoms with E-state index in [4.69, 9.17) is 16.3 Å². The Hall–Kier alpha value is -2.78. The van der Waals surface area contributed by atoms with Gasteiger partial charge >= 0.3 is 0 Å². The Morgan fingerprint density at radius 2 is 1.73 bits per heavy atom. The summed E-state index contributed by atoms with van der Waals surface area (Å²) in [6.07, 6.45) is -0.339. The van der Waals surface area contributed by atoms with Crippen LogP contribution < -0.4 is 20.1 Å². The number of rotatable bonds is 4. The number of hydrogen-bond donors (Lipinski definition) is 3. The van der Waals surface area contributed by atoms with Crippen LogP contribution in [-0.2, 0) is 19.6 Å². The van der Waals surface area contributed by atoms with E-state index in [2.05, 4.69) is 15.4 Å². The number of halogens is 1. The molecule has 0 aromatic heterocycles. The Kier molecular flexibility index (Phi) is 4.75. The molecule has 26 heavy (non-hydrogen) atoms. The normalized spacial score (nSPS) is 13.9. The van der Waals surface area contributed by atoms with Gasteiger partial charge in [-0.1, -0.05) is 11.6 Å². The topological polar surface area (TPSA) is 114 Å². The van der Waals surface area contributed by atoms with Gasteiger partial charge in [0.1, 0.15) is 12.2 Å². The molecule has 10 heteroatoms. The summed E-state index contributed by atoms with van der Waals surface area (Å²) in [6, 6.07) is 8.51. The van der Waals surface area contributed by atoms with Gasteiger partial charge in [-0.2, -0.15) is 0 Å². The van der Waals surface area contributed by atoms with Gasteiger partial charge in [-0.3, -0.25) is 14.3 Å². The van der Waals surface area contributed by atoms with Crippen LogP contribution in [0.4, 0.5) is 17.1 Å². The van der Waals surface area contributed by atoms with Crippen molar-refractivity contribution in [1.29, 1.82) is 0 Å². The van der Waals surface area contributed by atoms with Crippen LogP contribution in [0, 0.1) is 0 Å². The summed E-state index contributed by atoms with van der Waals surface area (Å²) >= 11 is 5.91. The zero-order chi connectivity index (χ0) is 18.9. The van der Waals surface area contributed by atoms with Crippen molar-refractivity contribution in [2.45, 2.75) is 11.3 Å². The van der Waals surface area contributed by atoms with Crippen molar-refractivity contribution in [1.82, 2.24) is 0 Å². The van der Waals surface area contributed by atoms with Crippen molar-refractivity contribution in [2.24, 2.45) is 0 Å². The van der Waals surface area contributed by atoms with Gasteiger partial charge in [0.05, 0.1) is 29.1 Å². The molecule has 0 saturated heterocycles. The first-order chi connectivity index (χ1) is 12.3. The summed E-state index contributed by atoms with van der Waals surface area (Å²) in [5.41, 5.74) is 0.689. The molecule has 1 aliphatic heterocycles. The molecule has 0 fully saturated rings. The molecule has 2 aromatic carbocycles. The lowest BCUT2D eigenvalue weighted by Crippen LogP contribution is -2.16. The van der Waals surface area contributed by atoms with Gasteiger partial charge in [-0.05, 0) is 36.4 Å². The molecular formula is C16H14ClN3O5S. The highest BCUT2D eigenvalue weighted by Gasteiger charge is 2.22. The first kappa shape index (κ1) is 18.0. The van der Waals surface area contributed by atoms with E-state index in [1.807, 2.05) is 0 Å². The van der Waals surface area contributed by atoms with Crippen LogP contribution in [0.2, 0.25) is 5.02 Å². The monoisotopic (exact) mass is 395 g/mol. The highest BCUT2D eigenvalue weighted by atomic mass is 35.5. The fourth-order valence-corrected chi connectivity index (χ4v) is 3.66. The number of carbonyl (C=O) groups excluding carboxylic acids is 2. The van der Waals surface area contributed by atoms with Crippen molar-refractivity contribution in [3.05, 3.63) is 41.4 Å². The van der Waals surface area contributed by atoms with Crippen LogP contribution >= 0.6 is 11.6 Å². The van der Waals surface area contributed by atoms with Crippen LogP contribution in [0.15, 0.2) is 41.3 Å². The van der Waals surface area contributed by atoms with Crippen molar-refractivity contribution < 1.29 is 22.7 Å². The number of sulfonamides is 1. The van der Waals surface area contributed by atoms with Gasteiger partial charge < -0.3 is 15.4 Å². The van der Waals surface area contributed by atoms with Crippen LogP contribution in [-0.4, -0.2) is 27.3 Å². The fraction of sp³-hybridized carbons (Fsp3) is 0.125. The van der Waals surface area contributed by atoms with Crippen molar-refractivity contribution in [3.8, 4) is 5.75 Å². The maximum absolute atomic E-state index is 12.7. The lowest BCUT2D eigenvalue weighted by atomic mass is 10.2. The SMILES string of the molecule is COc1ccc(Cl)cc1NS(=O)(=O)c1ccc2c(c1)NC(=O)CC(=O)N2. The summed E-state index contributed by atoms with van der Waals surface area (Å²) in [6.45, 7) is 0. The number of methoxy groups -OCH3 is 1. The molecule has 0 atom stereocenters. The minimum atomic E-state index is -3.99. The zero-order valence-electron chi connectivity index (χ0n) is 13.5. The maximum Gasteiger partial charge on any atom is 0.262 e. The number of benzene rings is 2. The Morgan fingerprint density at radius 1 is 1.04 bits per heavy atom. The van der Waals surface area contributed by atoms with Crippen molar-refractivity contribution in [3.63, 3.8) is 0 Å². The van der Waals surface area contributed by atoms with E-state index in [9.17, 15) is 18.0 Å². The maximum atomic E-state index is 12.7. The van der Waals surface area contributed by atoms with E-state index >= 15 is 0 Å². The number of hydrogen-bond acceptors (Lipinski definition) is 5. The predicted octanol–water partition coefficient (Wildman–Crippen LogP) is 2.43. The summed E-state index contributed by atoms with van der Waals surface area (Å²) < 4.78 is 32.9. The predicted molar refractivity (Wildman–Crippen MR) is 97.1 cm³/mol. The highest BCUT2D eigenvalue weighted by molar-refractivity contribution is 7.92. The van der Waals surface area contributed by atoms with E-state index in [-0.39, 0.29) is 22.7 Å². The molecule has 0 bridgehead atoms. The Labute approximate surface area is 154 Å². The number of ether oxygens (including phenoxy) is 1. The average Bonchev–Trinajstić information content (AvgIpc) is 2.70. The molecule has 136 valence electrons. The molecule has 0 spiro atoms. The molecule has 8 nitrogen and oxygen atoms in total. The molecule has 3 rings (SSSR count). The zero-order valence-corrected chi connectivity index (χ0v) is 15.1. The third-order valence-corrected chi connectivity index (χ3v) is 5.17. The van der Waals surface area contributed by atoms with Crippen LogP contribution in [0.1, 0.15) is 6.42 Å². The first-order valence-electron chi connectivity index (χ1n) is 7.38. The molecule has 0 aliphatic carbocycles. The molecular weight excluding hydrogens is 382 g/mol. The van der Waals surface area contributed by atoms with E-state index in [0.29, 0.717) is 16.5 Å². The highest BCUT2D eigenvalue weighted by Crippen LogP contribution is 2.32. The number of amides is 2. The lowest BCUT2D eigenvalue weighted by Gasteiger charge is -2.14. The van der Waals surface area contributed by atoms with Gasteiger partial charge in [-0.25, -0.2) is 8.42 Å². The van der Waals surface area contributed by atoms with Gasteiger partial charge in [0.25, 0.3) is 10.0 Å². The quantitative estimate of drug-likeness (QED) is 0.688. The summed E-state index contributed by atoms with van der Waals surface area (Å²) in [5.74, 6) is -0.702. The van der Waals surface area contributed by atoms with Crippen molar-refractivity contribution >= 4 is 50.5 Å². The second-order valence-electron chi connectivity index (χ2n) is 5.43. The summed E-state index contributed by atoms with van der Waals surface area (Å²) in [5, 5.41) is 5.37. The van der Waals surface area contributed by atoms with E-state index in [1.165, 1.54) is 37.4 Å². The molecule has 2 aromatic rings. The Balaban J connectivity index is 1.97. The minimum Gasteiger partial charge on any atom is -0.495 e. The van der Waals surface area contributed by atoms with E-state index < -0.39 is 21.8 Å². The second kappa shape index (κ2) is 6.85. The van der Waals surface area contributed by atoms with Crippen LogP contribution in [0.5, 0.6) is 5.75 Å². The van der Waals surface area contributed by atoms with Gasteiger partial charge in [0.15, 0.2) is 0 Å². The van der Waals surface area contributed by atoms with Gasteiger partial charge in [0, 0.05) is 5.02 Å². The van der Waals surface area contributed by atoms with Gasteiger partial charge in [0.2, 0.25) is 11.8 Å². The Bertz CT molecular complexity index is 1010. The number of nitrogens with one attached hydrogen (secondary N) is 3. The molecule has 0 radical (unpaired) electrons. The summed E-state index contributed by atoms with van der Waals surface area (Å²) in [4.78, 5) is 23.1. The molecule has 0 unspecified atom stereocenters. The summed E-state index contributed by atoms with van der Waals surface area (Å²) in [7, 11) is -2.59. The molecule has 3 N–H and O–H groups in total. The van der Waals surface area contributed by atoms with Crippen molar-refractivity contribution in [2.75, 3.05) is 22.5 Å². The molecule has 0 saturated carbocycles. The smallest absolute Gasteiger partial charge is 0.262 e. The largest absolute Gasteiger partial charge is 0.495 e. The van der Waals surface area contributed by atoms with Crippen LogP contribution in [0.25, 0.3) is 0 Å². The minimum absolute atomic E-state index is 0.102.